The van der Waals surface area contributed by atoms with Crippen LogP contribution in [0.1, 0.15) is 25.3 Å². The summed E-state index contributed by atoms with van der Waals surface area (Å²) in [6.45, 7) is 1.80. The van der Waals surface area contributed by atoms with E-state index in [1.165, 1.54) is 35.2 Å². The normalized spacial score (nSPS) is 20.4. The molecule has 4 heterocycles. The van der Waals surface area contributed by atoms with Crippen molar-refractivity contribution in [3.8, 4) is 11.1 Å². The van der Waals surface area contributed by atoms with Gasteiger partial charge in [-0.2, -0.15) is 4.31 Å². The van der Waals surface area contributed by atoms with Crippen LogP contribution in [-0.4, -0.2) is 63.8 Å². The highest BCUT2D eigenvalue weighted by molar-refractivity contribution is 7.89. The van der Waals surface area contributed by atoms with Crippen molar-refractivity contribution in [1.82, 2.24) is 23.8 Å². The summed E-state index contributed by atoms with van der Waals surface area (Å²) in [6.07, 6.45) is 7.03. The number of esters is 1. The number of hydrogen-bond acceptors (Lipinski definition) is 8. The van der Waals surface area contributed by atoms with Gasteiger partial charge in [0.25, 0.3) is 15.9 Å². The molecule has 43 heavy (non-hydrogen) atoms. The highest BCUT2D eigenvalue weighted by Crippen LogP contribution is 2.45. The van der Waals surface area contributed by atoms with Crippen molar-refractivity contribution in [1.29, 1.82) is 0 Å². The summed E-state index contributed by atoms with van der Waals surface area (Å²) in [7, 11) is -3.06. The third kappa shape index (κ3) is 4.97. The van der Waals surface area contributed by atoms with Gasteiger partial charge in [0.2, 0.25) is 5.95 Å². The molecule has 0 radical (unpaired) electrons. The summed E-state index contributed by atoms with van der Waals surface area (Å²) in [6, 6.07) is 11.2. The van der Waals surface area contributed by atoms with Gasteiger partial charge in [-0.3, -0.25) is 14.2 Å². The maximum atomic E-state index is 14.4. The number of ether oxygens (including phenoxy) is 1. The van der Waals surface area contributed by atoms with E-state index in [0.29, 0.717) is 28.6 Å². The molecule has 4 aromatic rings. The summed E-state index contributed by atoms with van der Waals surface area (Å²) in [4.78, 5) is 40.7. The van der Waals surface area contributed by atoms with Crippen molar-refractivity contribution in [3.63, 3.8) is 0 Å². The van der Waals surface area contributed by atoms with Crippen molar-refractivity contribution >= 4 is 56.7 Å². The van der Waals surface area contributed by atoms with Crippen LogP contribution in [0.4, 0.5) is 11.6 Å². The molecule has 2 atom stereocenters. The molecule has 1 fully saturated rings. The van der Waals surface area contributed by atoms with Crippen LogP contribution in [0.15, 0.2) is 72.4 Å². The van der Waals surface area contributed by atoms with Gasteiger partial charge >= 0.3 is 5.97 Å². The van der Waals surface area contributed by atoms with Crippen LogP contribution in [0.2, 0.25) is 10.0 Å². The molecule has 0 spiro atoms. The number of anilines is 2. The lowest BCUT2D eigenvalue weighted by Gasteiger charge is -2.28. The number of sulfonamides is 1. The second-order valence-electron chi connectivity index (χ2n) is 10.6. The minimum Gasteiger partial charge on any atom is -0.468 e. The van der Waals surface area contributed by atoms with E-state index in [1.54, 1.807) is 31.5 Å². The van der Waals surface area contributed by atoms with Crippen molar-refractivity contribution in [2.24, 2.45) is 0 Å². The fraction of sp³-hybridized carbons (Fsp3) is 0.276. The third-order valence-electron chi connectivity index (χ3n) is 7.82. The Labute approximate surface area is 258 Å². The van der Waals surface area contributed by atoms with Crippen molar-refractivity contribution in [2.45, 2.75) is 42.8 Å². The fourth-order valence-electron chi connectivity index (χ4n) is 5.79. The Morgan fingerprint density at radius 1 is 1.05 bits per heavy atom. The molecule has 2 aromatic carbocycles. The lowest BCUT2D eigenvalue weighted by molar-refractivity contribution is -0.144. The molecule has 1 saturated heterocycles. The molecule has 2 aliphatic rings. The molecular weight excluding hydrogens is 615 g/mol. The first-order valence-electron chi connectivity index (χ1n) is 13.4. The van der Waals surface area contributed by atoms with Gasteiger partial charge in [-0.25, -0.2) is 28.3 Å². The Bertz CT molecular complexity index is 1810. The van der Waals surface area contributed by atoms with E-state index in [2.05, 4.69) is 15.0 Å². The standard InChI is InChI=1S/C29H26Cl2N6O5S/c1-29(13-18-5-7-19(8-6-18)20-14-32-17-33-15-20)27(39)36(23-11-21(30)10-22(31)12-23)28-34-16-25(37(28)29)43(40,41)35-9-3-4-24(35)26(38)42-2/h5-8,10-12,14-17,24H,3-4,9,13H2,1-2H3. The molecule has 0 N–H and O–H groups in total. The number of nitrogens with zero attached hydrogens (tertiary/aromatic N) is 6. The summed E-state index contributed by atoms with van der Waals surface area (Å²) in [5.74, 6) is -0.965. The number of methoxy groups -OCH3 is 1. The van der Waals surface area contributed by atoms with Crippen LogP contribution in [0.25, 0.3) is 11.1 Å². The van der Waals surface area contributed by atoms with Gasteiger partial charge in [-0.05, 0) is 49.1 Å². The molecule has 14 heteroatoms. The second kappa shape index (κ2) is 11.0. The Balaban J connectivity index is 1.47. The molecule has 2 unspecified atom stereocenters. The number of imidazole rings is 1. The summed E-state index contributed by atoms with van der Waals surface area (Å²) in [5.41, 5.74) is 1.41. The molecule has 2 aromatic heterocycles. The molecule has 0 aliphatic carbocycles. The molecular formula is C29H26Cl2N6O5S. The molecule has 2 aliphatic heterocycles. The van der Waals surface area contributed by atoms with Gasteiger partial charge in [0.05, 0.1) is 19.0 Å². The quantitative estimate of drug-likeness (QED) is 0.268. The topological polar surface area (TPSA) is 128 Å². The first-order chi connectivity index (χ1) is 20.5. The van der Waals surface area contributed by atoms with Crippen LogP contribution in [-0.2, 0) is 36.3 Å². The number of carbonyl (C=O) groups is 2. The average molecular weight is 642 g/mol. The monoisotopic (exact) mass is 640 g/mol. The fourth-order valence-corrected chi connectivity index (χ4v) is 8.14. The lowest BCUT2D eigenvalue weighted by Crippen LogP contribution is -2.45. The number of halogens is 2. The maximum absolute atomic E-state index is 14.4. The number of hydrogen-bond donors (Lipinski definition) is 0. The van der Waals surface area contributed by atoms with E-state index in [0.717, 1.165) is 21.0 Å². The van der Waals surface area contributed by atoms with Gasteiger partial charge in [0.1, 0.15) is 17.9 Å². The van der Waals surface area contributed by atoms with Crippen molar-refractivity contribution in [2.75, 3.05) is 18.6 Å². The zero-order chi connectivity index (χ0) is 30.5. The van der Waals surface area contributed by atoms with E-state index in [1.807, 2.05) is 24.3 Å². The Kier molecular flexibility index (Phi) is 7.49. The van der Waals surface area contributed by atoms with Gasteiger partial charge < -0.3 is 4.74 Å². The van der Waals surface area contributed by atoms with E-state index in [-0.39, 0.29) is 23.9 Å². The summed E-state index contributed by atoms with van der Waals surface area (Å²) < 4.78 is 35.8. The van der Waals surface area contributed by atoms with E-state index < -0.39 is 33.5 Å². The predicted octanol–water partition coefficient (Wildman–Crippen LogP) is 4.61. The number of amides is 1. The lowest BCUT2D eigenvalue weighted by atomic mass is 9.91. The molecule has 222 valence electrons. The van der Waals surface area contributed by atoms with Crippen molar-refractivity contribution < 1.29 is 22.7 Å². The van der Waals surface area contributed by atoms with Gasteiger partial charge in [-0.15, -0.1) is 0 Å². The number of benzene rings is 2. The van der Waals surface area contributed by atoms with E-state index >= 15 is 0 Å². The number of carbonyl (C=O) groups excluding carboxylic acids is 2. The zero-order valence-corrected chi connectivity index (χ0v) is 25.5. The zero-order valence-electron chi connectivity index (χ0n) is 23.1. The highest BCUT2D eigenvalue weighted by atomic mass is 35.5. The third-order valence-corrected chi connectivity index (χ3v) is 10.1. The minimum atomic E-state index is -4.29. The first kappa shape index (κ1) is 29.2. The van der Waals surface area contributed by atoms with Crippen LogP contribution in [0.3, 0.4) is 0 Å². The minimum absolute atomic E-state index is 0.0938. The van der Waals surface area contributed by atoms with Crippen LogP contribution in [0.5, 0.6) is 0 Å². The summed E-state index contributed by atoms with van der Waals surface area (Å²) in [5, 5.41) is 0.393. The molecule has 1 amide bonds. The molecule has 0 saturated carbocycles. The molecule has 11 nitrogen and oxygen atoms in total. The maximum Gasteiger partial charge on any atom is 0.324 e. The first-order valence-corrected chi connectivity index (χ1v) is 15.6. The average Bonchev–Trinajstić information content (AvgIpc) is 3.70. The second-order valence-corrected chi connectivity index (χ2v) is 13.3. The van der Waals surface area contributed by atoms with Crippen molar-refractivity contribution in [3.05, 3.63) is 83.0 Å². The Hall–Kier alpha value is -3.84. The van der Waals surface area contributed by atoms with Gasteiger partial charge in [0.15, 0.2) is 5.03 Å². The predicted molar refractivity (Wildman–Crippen MR) is 160 cm³/mol. The number of fused-ring (bicyclic) bond motifs is 1. The largest absolute Gasteiger partial charge is 0.468 e. The highest BCUT2D eigenvalue weighted by Gasteiger charge is 2.53. The molecule has 0 bridgehead atoms. The Morgan fingerprint density at radius 3 is 2.37 bits per heavy atom. The number of aromatic nitrogens is 4. The van der Waals surface area contributed by atoms with Gasteiger partial charge in [-0.1, -0.05) is 47.5 Å². The SMILES string of the molecule is COC(=O)C1CCCN1S(=O)(=O)c1cnc2n1C(C)(Cc1ccc(-c3cncnc3)cc1)C(=O)N2c1cc(Cl)cc(Cl)c1. The van der Waals surface area contributed by atoms with Gasteiger partial charge in [0, 0.05) is 41.0 Å². The Morgan fingerprint density at radius 2 is 1.72 bits per heavy atom. The van der Waals surface area contributed by atoms with Crippen LogP contribution in [0, 0.1) is 0 Å². The smallest absolute Gasteiger partial charge is 0.324 e. The van der Waals surface area contributed by atoms with E-state index in [4.69, 9.17) is 27.9 Å². The van der Waals surface area contributed by atoms with Crippen LogP contribution < -0.4 is 4.90 Å². The van der Waals surface area contributed by atoms with E-state index in [9.17, 15) is 18.0 Å². The number of rotatable bonds is 7. The molecule has 6 rings (SSSR count). The van der Waals surface area contributed by atoms with Crippen LogP contribution >= 0.6 is 23.2 Å². The summed E-state index contributed by atoms with van der Waals surface area (Å²) >= 11 is 12.6.